The zero-order valence-electron chi connectivity index (χ0n) is 10.9. The van der Waals surface area contributed by atoms with Gasteiger partial charge in [-0.05, 0) is 37.3 Å². The molecule has 4 aromatic rings. The van der Waals surface area contributed by atoms with Crippen LogP contribution in [-0.4, -0.2) is 14.6 Å². The van der Waals surface area contributed by atoms with Gasteiger partial charge in [-0.15, -0.1) is 10.2 Å². The van der Waals surface area contributed by atoms with E-state index in [1.54, 1.807) is 12.3 Å². The van der Waals surface area contributed by atoms with Crippen molar-refractivity contribution in [2.75, 3.05) is 5.73 Å². The van der Waals surface area contributed by atoms with Crippen LogP contribution < -0.4 is 5.73 Å². The highest BCUT2D eigenvalue weighted by Crippen LogP contribution is 2.27. The van der Waals surface area contributed by atoms with Crippen LogP contribution in [0.2, 0.25) is 0 Å². The molecule has 3 aromatic heterocycles. The van der Waals surface area contributed by atoms with E-state index < -0.39 is 0 Å². The maximum Gasteiger partial charge on any atom is 0.204 e. The largest absolute Gasteiger partial charge is 0.453 e. The van der Waals surface area contributed by atoms with Gasteiger partial charge in [0.1, 0.15) is 5.58 Å². The van der Waals surface area contributed by atoms with E-state index in [4.69, 9.17) is 10.2 Å². The SMILES string of the molecule is Cc1ccc2oc(-c3nnc4ccc(N)cn34)cc2c1. The van der Waals surface area contributed by atoms with Crippen LogP contribution in [0.3, 0.4) is 0 Å². The number of nitrogens with zero attached hydrogens (tertiary/aromatic N) is 3. The number of pyridine rings is 1. The van der Waals surface area contributed by atoms with E-state index in [1.165, 1.54) is 5.56 Å². The highest BCUT2D eigenvalue weighted by molar-refractivity contribution is 5.82. The Morgan fingerprint density at radius 3 is 2.90 bits per heavy atom. The number of anilines is 1. The van der Waals surface area contributed by atoms with Gasteiger partial charge in [-0.1, -0.05) is 11.6 Å². The van der Waals surface area contributed by atoms with Crippen molar-refractivity contribution in [3.05, 3.63) is 48.2 Å². The third-order valence-electron chi connectivity index (χ3n) is 3.32. The predicted molar refractivity (Wildman–Crippen MR) is 77.3 cm³/mol. The van der Waals surface area contributed by atoms with Gasteiger partial charge >= 0.3 is 0 Å². The Bertz CT molecular complexity index is 936. The molecular weight excluding hydrogens is 252 g/mol. The maximum absolute atomic E-state index is 5.85. The summed E-state index contributed by atoms with van der Waals surface area (Å²) in [5.41, 5.74) is 9.25. The lowest BCUT2D eigenvalue weighted by atomic mass is 10.2. The molecule has 5 heteroatoms. The van der Waals surface area contributed by atoms with Crippen molar-refractivity contribution in [1.82, 2.24) is 14.6 Å². The normalized spacial score (nSPS) is 11.4. The van der Waals surface area contributed by atoms with Crippen LogP contribution in [0.4, 0.5) is 5.69 Å². The molecule has 0 spiro atoms. The Kier molecular flexibility index (Phi) is 2.12. The van der Waals surface area contributed by atoms with Crippen molar-refractivity contribution < 1.29 is 4.42 Å². The van der Waals surface area contributed by atoms with Crippen LogP contribution in [0.25, 0.3) is 28.2 Å². The Morgan fingerprint density at radius 2 is 2.00 bits per heavy atom. The smallest absolute Gasteiger partial charge is 0.204 e. The van der Waals surface area contributed by atoms with Gasteiger partial charge < -0.3 is 10.2 Å². The molecule has 0 saturated carbocycles. The number of fused-ring (bicyclic) bond motifs is 2. The van der Waals surface area contributed by atoms with Gasteiger partial charge in [0.05, 0.1) is 0 Å². The molecule has 0 aliphatic heterocycles. The van der Waals surface area contributed by atoms with E-state index in [-0.39, 0.29) is 0 Å². The zero-order chi connectivity index (χ0) is 13.7. The minimum atomic E-state index is 0.654. The molecule has 0 aliphatic carbocycles. The van der Waals surface area contributed by atoms with Crippen LogP contribution in [0, 0.1) is 6.92 Å². The van der Waals surface area contributed by atoms with Crippen molar-refractivity contribution in [3.63, 3.8) is 0 Å². The first-order valence-corrected chi connectivity index (χ1v) is 6.31. The Balaban J connectivity index is 1.98. The summed E-state index contributed by atoms with van der Waals surface area (Å²) < 4.78 is 7.68. The number of nitrogens with two attached hydrogens (primary N) is 1. The highest BCUT2D eigenvalue weighted by Gasteiger charge is 2.13. The van der Waals surface area contributed by atoms with Crippen LogP contribution in [-0.2, 0) is 0 Å². The predicted octanol–water partition coefficient (Wildman–Crippen LogP) is 3.03. The fraction of sp³-hybridized carbons (Fsp3) is 0.0667. The number of aromatic nitrogens is 3. The lowest BCUT2D eigenvalue weighted by molar-refractivity contribution is 0.624. The molecule has 20 heavy (non-hydrogen) atoms. The van der Waals surface area contributed by atoms with Crippen LogP contribution in [0.5, 0.6) is 0 Å². The standard InChI is InChI=1S/C15H12N4O/c1-9-2-4-12-10(6-9)7-13(20-12)15-18-17-14-5-3-11(16)8-19(14)15/h2-8H,16H2,1H3. The van der Waals surface area contributed by atoms with Gasteiger partial charge in [-0.3, -0.25) is 4.40 Å². The van der Waals surface area contributed by atoms with E-state index in [2.05, 4.69) is 23.2 Å². The number of hydrogen-bond acceptors (Lipinski definition) is 4. The average molecular weight is 264 g/mol. The molecular formula is C15H12N4O. The van der Waals surface area contributed by atoms with Crippen molar-refractivity contribution in [2.45, 2.75) is 6.92 Å². The molecule has 0 radical (unpaired) electrons. The monoisotopic (exact) mass is 264 g/mol. The summed E-state index contributed by atoms with van der Waals surface area (Å²) >= 11 is 0. The molecule has 0 amide bonds. The molecule has 0 atom stereocenters. The summed E-state index contributed by atoms with van der Waals surface area (Å²) in [6, 6.07) is 11.7. The number of hydrogen-bond donors (Lipinski definition) is 1. The second kappa shape index (κ2) is 3.84. The van der Waals surface area contributed by atoms with Crippen molar-refractivity contribution in [3.8, 4) is 11.6 Å². The number of aryl methyl sites for hydroxylation is 1. The lowest BCUT2D eigenvalue weighted by Gasteiger charge is -1.97. The van der Waals surface area contributed by atoms with Gasteiger partial charge in [0.25, 0.3) is 0 Å². The second-order valence-electron chi connectivity index (χ2n) is 4.87. The quantitative estimate of drug-likeness (QED) is 0.573. The third kappa shape index (κ3) is 1.56. The number of furan rings is 1. The molecule has 0 bridgehead atoms. The molecule has 0 saturated heterocycles. The molecule has 5 nitrogen and oxygen atoms in total. The average Bonchev–Trinajstić information content (AvgIpc) is 3.00. The second-order valence-corrected chi connectivity index (χ2v) is 4.87. The van der Waals surface area contributed by atoms with E-state index in [0.717, 1.165) is 16.6 Å². The maximum atomic E-state index is 5.85. The Labute approximate surface area is 114 Å². The number of nitrogen functional groups attached to an aromatic ring is 1. The Hall–Kier alpha value is -2.82. The first kappa shape index (κ1) is 11.0. The fourth-order valence-electron chi connectivity index (χ4n) is 2.35. The van der Waals surface area contributed by atoms with Gasteiger partial charge in [0, 0.05) is 17.3 Å². The molecule has 0 unspecified atom stereocenters. The highest BCUT2D eigenvalue weighted by atomic mass is 16.3. The van der Waals surface area contributed by atoms with Crippen LogP contribution >= 0.6 is 0 Å². The van der Waals surface area contributed by atoms with E-state index >= 15 is 0 Å². The molecule has 3 heterocycles. The van der Waals surface area contributed by atoms with Gasteiger partial charge in [0.2, 0.25) is 5.82 Å². The van der Waals surface area contributed by atoms with Gasteiger partial charge in [0.15, 0.2) is 11.4 Å². The van der Waals surface area contributed by atoms with Gasteiger partial charge in [-0.25, -0.2) is 0 Å². The van der Waals surface area contributed by atoms with E-state index in [0.29, 0.717) is 17.3 Å². The zero-order valence-corrected chi connectivity index (χ0v) is 10.9. The number of benzene rings is 1. The summed E-state index contributed by atoms with van der Waals surface area (Å²) in [5, 5.41) is 9.37. The lowest BCUT2D eigenvalue weighted by Crippen LogP contribution is -1.92. The van der Waals surface area contributed by atoms with Crippen LogP contribution in [0.15, 0.2) is 47.0 Å². The summed E-state index contributed by atoms with van der Waals surface area (Å²) in [7, 11) is 0. The summed E-state index contributed by atoms with van der Waals surface area (Å²) in [5.74, 6) is 1.34. The van der Waals surface area contributed by atoms with Crippen molar-refractivity contribution in [2.24, 2.45) is 0 Å². The number of rotatable bonds is 1. The molecule has 4 rings (SSSR count). The Morgan fingerprint density at radius 1 is 1.10 bits per heavy atom. The third-order valence-corrected chi connectivity index (χ3v) is 3.32. The fourth-order valence-corrected chi connectivity index (χ4v) is 2.35. The van der Waals surface area contributed by atoms with Crippen LogP contribution in [0.1, 0.15) is 5.56 Å². The summed E-state index contributed by atoms with van der Waals surface area (Å²) in [6.45, 7) is 2.05. The molecule has 2 N–H and O–H groups in total. The minimum Gasteiger partial charge on any atom is -0.453 e. The minimum absolute atomic E-state index is 0.654. The first-order chi connectivity index (χ1) is 9.70. The summed E-state index contributed by atoms with van der Waals surface area (Å²) in [4.78, 5) is 0. The topological polar surface area (TPSA) is 69.3 Å². The van der Waals surface area contributed by atoms with Gasteiger partial charge in [-0.2, -0.15) is 0 Å². The van der Waals surface area contributed by atoms with Crippen molar-refractivity contribution in [1.29, 1.82) is 0 Å². The van der Waals surface area contributed by atoms with Crippen molar-refractivity contribution >= 4 is 22.3 Å². The molecule has 0 fully saturated rings. The summed E-state index contributed by atoms with van der Waals surface area (Å²) in [6.07, 6.45) is 1.79. The first-order valence-electron chi connectivity index (χ1n) is 6.31. The molecule has 0 aliphatic rings. The van der Waals surface area contributed by atoms with E-state index in [9.17, 15) is 0 Å². The van der Waals surface area contributed by atoms with E-state index in [1.807, 2.05) is 28.7 Å². The molecule has 98 valence electrons. The molecule has 1 aromatic carbocycles.